The van der Waals surface area contributed by atoms with E-state index in [0.29, 0.717) is 23.1 Å². The van der Waals surface area contributed by atoms with Crippen LogP contribution in [-0.2, 0) is 6.54 Å². The first-order valence-corrected chi connectivity index (χ1v) is 6.58. The SMILES string of the molecule is COc1cc(OC)c(NCc2ccc(C)nc2)cc1Cl. The third-order valence-electron chi connectivity index (χ3n) is 2.93. The molecule has 0 atom stereocenters. The Bertz CT molecular complexity index is 585. The zero-order valence-corrected chi connectivity index (χ0v) is 12.5. The summed E-state index contributed by atoms with van der Waals surface area (Å²) < 4.78 is 10.5. The molecule has 0 saturated carbocycles. The number of anilines is 1. The molecule has 1 aromatic heterocycles. The highest BCUT2D eigenvalue weighted by Gasteiger charge is 2.09. The second-order valence-electron chi connectivity index (χ2n) is 4.35. The molecule has 1 aromatic carbocycles. The van der Waals surface area contributed by atoms with Crippen molar-refractivity contribution in [3.8, 4) is 11.5 Å². The molecule has 1 heterocycles. The normalized spacial score (nSPS) is 10.2. The number of nitrogens with zero attached hydrogens (tertiary/aromatic N) is 1. The molecule has 0 fully saturated rings. The Labute approximate surface area is 123 Å². The molecule has 2 aromatic rings. The minimum atomic E-state index is 0.540. The molecule has 5 heteroatoms. The van der Waals surface area contributed by atoms with Crippen LogP contribution in [0.15, 0.2) is 30.5 Å². The van der Waals surface area contributed by atoms with Gasteiger partial charge in [0.15, 0.2) is 0 Å². The van der Waals surface area contributed by atoms with Gasteiger partial charge in [0, 0.05) is 24.5 Å². The Kier molecular flexibility index (Phi) is 4.69. The molecule has 0 aliphatic heterocycles. The second-order valence-corrected chi connectivity index (χ2v) is 4.76. The first-order chi connectivity index (χ1) is 9.63. The van der Waals surface area contributed by atoms with Crippen molar-refractivity contribution < 1.29 is 9.47 Å². The van der Waals surface area contributed by atoms with E-state index >= 15 is 0 Å². The molecule has 0 radical (unpaired) electrons. The van der Waals surface area contributed by atoms with Gasteiger partial charge in [0.2, 0.25) is 0 Å². The fourth-order valence-corrected chi connectivity index (χ4v) is 2.04. The van der Waals surface area contributed by atoms with E-state index in [1.54, 1.807) is 26.4 Å². The summed E-state index contributed by atoms with van der Waals surface area (Å²) >= 11 is 6.13. The van der Waals surface area contributed by atoms with Crippen LogP contribution in [0.4, 0.5) is 5.69 Å². The van der Waals surface area contributed by atoms with Crippen molar-refractivity contribution in [2.45, 2.75) is 13.5 Å². The smallest absolute Gasteiger partial charge is 0.145 e. The number of halogens is 1. The van der Waals surface area contributed by atoms with Crippen molar-refractivity contribution in [1.82, 2.24) is 4.98 Å². The number of benzene rings is 1. The lowest BCUT2D eigenvalue weighted by molar-refractivity contribution is 0.395. The van der Waals surface area contributed by atoms with E-state index in [1.165, 1.54) is 0 Å². The molecule has 1 N–H and O–H groups in total. The van der Waals surface area contributed by atoms with E-state index < -0.39 is 0 Å². The Hall–Kier alpha value is -1.94. The number of rotatable bonds is 5. The van der Waals surface area contributed by atoms with Gasteiger partial charge in [-0.15, -0.1) is 0 Å². The van der Waals surface area contributed by atoms with Crippen LogP contribution in [-0.4, -0.2) is 19.2 Å². The predicted octanol–water partition coefficient (Wildman–Crippen LogP) is 3.67. The third-order valence-corrected chi connectivity index (χ3v) is 3.22. The van der Waals surface area contributed by atoms with Crippen LogP contribution in [0.5, 0.6) is 11.5 Å². The molecule has 0 aliphatic carbocycles. The molecular weight excluding hydrogens is 276 g/mol. The van der Waals surface area contributed by atoms with Crippen LogP contribution in [0.2, 0.25) is 5.02 Å². The Morgan fingerprint density at radius 1 is 1.15 bits per heavy atom. The zero-order valence-electron chi connectivity index (χ0n) is 11.7. The maximum absolute atomic E-state index is 6.13. The van der Waals surface area contributed by atoms with Gasteiger partial charge in [-0.1, -0.05) is 17.7 Å². The van der Waals surface area contributed by atoms with Crippen molar-refractivity contribution in [2.75, 3.05) is 19.5 Å². The van der Waals surface area contributed by atoms with Crippen molar-refractivity contribution in [2.24, 2.45) is 0 Å². The minimum Gasteiger partial charge on any atom is -0.495 e. The highest BCUT2D eigenvalue weighted by molar-refractivity contribution is 6.32. The highest BCUT2D eigenvalue weighted by atomic mass is 35.5. The van der Waals surface area contributed by atoms with Crippen LogP contribution < -0.4 is 14.8 Å². The summed E-state index contributed by atoms with van der Waals surface area (Å²) in [6.45, 7) is 2.61. The van der Waals surface area contributed by atoms with Gasteiger partial charge in [-0.05, 0) is 24.6 Å². The Morgan fingerprint density at radius 3 is 2.50 bits per heavy atom. The number of ether oxygens (including phenoxy) is 2. The number of hydrogen-bond donors (Lipinski definition) is 1. The summed E-state index contributed by atoms with van der Waals surface area (Å²) in [5.74, 6) is 1.28. The van der Waals surface area contributed by atoms with Crippen LogP contribution in [0.25, 0.3) is 0 Å². The van der Waals surface area contributed by atoms with Crippen LogP contribution in [0.3, 0.4) is 0 Å². The molecule has 0 aliphatic rings. The third kappa shape index (κ3) is 3.33. The lowest BCUT2D eigenvalue weighted by atomic mass is 10.2. The van der Waals surface area contributed by atoms with E-state index in [-0.39, 0.29) is 0 Å². The molecule has 0 unspecified atom stereocenters. The first-order valence-electron chi connectivity index (χ1n) is 6.21. The highest BCUT2D eigenvalue weighted by Crippen LogP contribution is 2.36. The minimum absolute atomic E-state index is 0.540. The molecule has 0 saturated heterocycles. The van der Waals surface area contributed by atoms with Crippen LogP contribution in [0.1, 0.15) is 11.3 Å². The topological polar surface area (TPSA) is 43.4 Å². The van der Waals surface area contributed by atoms with Gasteiger partial charge >= 0.3 is 0 Å². The number of nitrogens with one attached hydrogen (secondary N) is 1. The largest absolute Gasteiger partial charge is 0.495 e. The van der Waals surface area contributed by atoms with Crippen molar-refractivity contribution in [3.63, 3.8) is 0 Å². The summed E-state index contributed by atoms with van der Waals surface area (Å²) in [7, 11) is 3.19. The average Bonchev–Trinajstić information content (AvgIpc) is 2.46. The number of pyridine rings is 1. The van der Waals surface area contributed by atoms with E-state index in [2.05, 4.69) is 10.3 Å². The second kappa shape index (κ2) is 6.48. The number of aryl methyl sites for hydroxylation is 1. The van der Waals surface area contributed by atoms with Gasteiger partial charge in [0.05, 0.1) is 24.9 Å². The van der Waals surface area contributed by atoms with Gasteiger partial charge in [0.25, 0.3) is 0 Å². The average molecular weight is 293 g/mol. The quantitative estimate of drug-likeness (QED) is 0.913. The standard InChI is InChI=1S/C15H17ClN2O2/c1-10-4-5-11(8-17-10)9-18-13-6-12(16)14(19-2)7-15(13)20-3/h4-8,18H,9H2,1-3H3. The van der Waals surface area contributed by atoms with Gasteiger partial charge in [-0.25, -0.2) is 0 Å². The van der Waals surface area contributed by atoms with Gasteiger partial charge < -0.3 is 14.8 Å². The van der Waals surface area contributed by atoms with Crippen molar-refractivity contribution >= 4 is 17.3 Å². The predicted molar refractivity (Wildman–Crippen MR) is 80.9 cm³/mol. The van der Waals surface area contributed by atoms with Gasteiger partial charge in [-0.2, -0.15) is 0 Å². The lowest BCUT2D eigenvalue weighted by Gasteiger charge is -2.13. The molecule has 0 spiro atoms. The summed E-state index contributed by atoms with van der Waals surface area (Å²) in [5, 5.41) is 3.83. The number of methoxy groups -OCH3 is 2. The summed E-state index contributed by atoms with van der Waals surface area (Å²) in [5.41, 5.74) is 2.90. The van der Waals surface area contributed by atoms with E-state index in [1.807, 2.05) is 25.3 Å². The molecular formula is C15H17ClN2O2. The fraction of sp³-hybridized carbons (Fsp3) is 0.267. The Morgan fingerprint density at radius 2 is 1.90 bits per heavy atom. The zero-order chi connectivity index (χ0) is 14.5. The molecule has 20 heavy (non-hydrogen) atoms. The molecule has 106 valence electrons. The van der Waals surface area contributed by atoms with Gasteiger partial charge in [0.1, 0.15) is 11.5 Å². The molecule has 4 nitrogen and oxygen atoms in total. The molecule has 0 bridgehead atoms. The van der Waals surface area contributed by atoms with Crippen LogP contribution >= 0.6 is 11.6 Å². The molecule has 0 amide bonds. The maximum Gasteiger partial charge on any atom is 0.145 e. The Balaban J connectivity index is 2.16. The number of hydrogen-bond acceptors (Lipinski definition) is 4. The fourth-order valence-electron chi connectivity index (χ4n) is 1.80. The first kappa shape index (κ1) is 14.5. The summed E-state index contributed by atoms with van der Waals surface area (Å²) in [4.78, 5) is 4.26. The van der Waals surface area contributed by atoms with Gasteiger partial charge in [-0.3, -0.25) is 4.98 Å². The monoisotopic (exact) mass is 292 g/mol. The van der Waals surface area contributed by atoms with Crippen LogP contribution in [0, 0.1) is 6.92 Å². The van der Waals surface area contributed by atoms with Crippen molar-refractivity contribution in [1.29, 1.82) is 0 Å². The number of aromatic nitrogens is 1. The van der Waals surface area contributed by atoms with Crippen molar-refractivity contribution in [3.05, 3.63) is 46.7 Å². The van der Waals surface area contributed by atoms with E-state index in [0.717, 1.165) is 16.9 Å². The summed E-state index contributed by atoms with van der Waals surface area (Å²) in [6, 6.07) is 7.57. The summed E-state index contributed by atoms with van der Waals surface area (Å²) in [6.07, 6.45) is 1.85. The maximum atomic E-state index is 6.13. The lowest BCUT2D eigenvalue weighted by Crippen LogP contribution is -2.02. The molecule has 2 rings (SSSR count). The van der Waals surface area contributed by atoms with E-state index in [4.69, 9.17) is 21.1 Å². The van der Waals surface area contributed by atoms with E-state index in [9.17, 15) is 0 Å².